The lowest BCUT2D eigenvalue weighted by molar-refractivity contribution is 0.0423. The molecule has 0 aliphatic heterocycles. The second kappa shape index (κ2) is 5.87. The first-order valence-corrected chi connectivity index (χ1v) is 6.30. The Morgan fingerprint density at radius 3 is 2.61 bits per heavy atom. The average molecular weight is 249 g/mol. The van der Waals surface area contributed by atoms with Crippen molar-refractivity contribution in [1.29, 1.82) is 0 Å². The predicted octanol–water partition coefficient (Wildman–Crippen LogP) is 2.08. The van der Waals surface area contributed by atoms with Gasteiger partial charge in [-0.15, -0.1) is 0 Å². The van der Waals surface area contributed by atoms with E-state index in [0.717, 1.165) is 24.8 Å². The molecule has 0 heterocycles. The van der Waals surface area contributed by atoms with E-state index in [1.54, 1.807) is 0 Å². The summed E-state index contributed by atoms with van der Waals surface area (Å²) in [5.74, 6) is 0. The van der Waals surface area contributed by atoms with E-state index < -0.39 is 6.09 Å². The summed E-state index contributed by atoms with van der Waals surface area (Å²) in [6, 6.07) is 9.56. The van der Waals surface area contributed by atoms with Gasteiger partial charge in [0.25, 0.3) is 0 Å². The highest BCUT2D eigenvalue weighted by Crippen LogP contribution is 2.39. The maximum absolute atomic E-state index is 11.5. The normalized spacial score (nSPS) is 16.7. The number of hydrogen-bond donors (Lipinski definition) is 2. The van der Waals surface area contributed by atoms with E-state index in [9.17, 15) is 9.90 Å². The lowest BCUT2D eigenvalue weighted by Gasteiger charge is -2.40. The van der Waals surface area contributed by atoms with Crippen LogP contribution in [0.15, 0.2) is 30.3 Å². The van der Waals surface area contributed by atoms with Gasteiger partial charge < -0.3 is 15.2 Å². The Morgan fingerprint density at radius 1 is 1.33 bits per heavy atom. The number of aliphatic hydroxyl groups is 1. The summed E-state index contributed by atoms with van der Waals surface area (Å²) in [7, 11) is 0. The monoisotopic (exact) mass is 249 g/mol. The van der Waals surface area contributed by atoms with Crippen molar-refractivity contribution in [3.63, 3.8) is 0 Å². The van der Waals surface area contributed by atoms with Gasteiger partial charge in [-0.2, -0.15) is 0 Å². The number of nitrogens with one attached hydrogen (secondary N) is 1. The number of aliphatic hydroxyl groups excluding tert-OH is 1. The van der Waals surface area contributed by atoms with Gasteiger partial charge in [0.2, 0.25) is 0 Å². The van der Waals surface area contributed by atoms with Crippen LogP contribution < -0.4 is 5.32 Å². The molecule has 98 valence electrons. The number of carbonyl (C=O) groups excluding carboxylic acids is 1. The summed E-state index contributed by atoms with van der Waals surface area (Å²) in [5.41, 5.74) is 0.861. The quantitative estimate of drug-likeness (QED) is 0.840. The molecule has 1 aliphatic carbocycles. The van der Waals surface area contributed by atoms with Gasteiger partial charge in [0.15, 0.2) is 0 Å². The van der Waals surface area contributed by atoms with Crippen LogP contribution in [0.4, 0.5) is 4.79 Å². The van der Waals surface area contributed by atoms with Crippen LogP contribution in [-0.4, -0.2) is 24.4 Å². The number of alkyl carbamates (subject to hydrolysis) is 1. The third kappa shape index (κ3) is 3.23. The molecule has 2 rings (SSSR count). The highest BCUT2D eigenvalue weighted by atomic mass is 16.5. The van der Waals surface area contributed by atoms with Crippen molar-refractivity contribution in [1.82, 2.24) is 5.32 Å². The zero-order chi connectivity index (χ0) is 12.8. The lowest BCUT2D eigenvalue weighted by Crippen LogP contribution is -2.44. The molecule has 0 radical (unpaired) electrons. The first kappa shape index (κ1) is 12.9. The average Bonchev–Trinajstić information content (AvgIpc) is 2.37. The topological polar surface area (TPSA) is 58.6 Å². The van der Waals surface area contributed by atoms with Crippen LogP contribution >= 0.6 is 0 Å². The van der Waals surface area contributed by atoms with Crippen molar-refractivity contribution >= 4 is 6.09 Å². The van der Waals surface area contributed by atoms with Crippen LogP contribution in [0.1, 0.15) is 24.8 Å². The van der Waals surface area contributed by atoms with Crippen LogP contribution in [0.25, 0.3) is 0 Å². The van der Waals surface area contributed by atoms with Gasteiger partial charge in [0.05, 0.1) is 6.61 Å². The minimum absolute atomic E-state index is 0.105. The fourth-order valence-corrected chi connectivity index (χ4v) is 2.10. The minimum Gasteiger partial charge on any atom is -0.445 e. The molecule has 1 aromatic rings. The molecule has 0 saturated heterocycles. The van der Waals surface area contributed by atoms with Gasteiger partial charge in [-0.3, -0.25) is 0 Å². The zero-order valence-electron chi connectivity index (χ0n) is 10.4. The van der Waals surface area contributed by atoms with Crippen molar-refractivity contribution < 1.29 is 14.6 Å². The number of ether oxygens (including phenoxy) is 1. The summed E-state index contributed by atoms with van der Waals surface area (Å²) < 4.78 is 5.10. The molecule has 0 atom stereocenters. The van der Waals surface area contributed by atoms with E-state index in [2.05, 4.69) is 5.32 Å². The van der Waals surface area contributed by atoms with E-state index in [1.807, 2.05) is 30.3 Å². The fraction of sp³-hybridized carbons (Fsp3) is 0.500. The summed E-state index contributed by atoms with van der Waals surface area (Å²) in [6.07, 6.45) is 2.66. The Balaban J connectivity index is 1.69. The molecule has 0 unspecified atom stereocenters. The first-order valence-electron chi connectivity index (χ1n) is 6.30. The van der Waals surface area contributed by atoms with Crippen LogP contribution in [0, 0.1) is 5.41 Å². The van der Waals surface area contributed by atoms with Gasteiger partial charge in [-0.05, 0) is 18.4 Å². The van der Waals surface area contributed by atoms with Crippen molar-refractivity contribution in [2.45, 2.75) is 25.9 Å². The van der Waals surface area contributed by atoms with E-state index in [1.165, 1.54) is 0 Å². The smallest absolute Gasteiger partial charge is 0.407 e. The molecule has 0 bridgehead atoms. The number of rotatable bonds is 5. The molecule has 4 heteroatoms. The molecule has 2 N–H and O–H groups in total. The molecule has 1 saturated carbocycles. The molecule has 1 fully saturated rings. The summed E-state index contributed by atoms with van der Waals surface area (Å²) >= 11 is 0. The van der Waals surface area contributed by atoms with Crippen molar-refractivity contribution in [3.8, 4) is 0 Å². The van der Waals surface area contributed by atoms with Crippen LogP contribution in [-0.2, 0) is 11.3 Å². The predicted molar refractivity (Wildman–Crippen MR) is 68.0 cm³/mol. The van der Waals surface area contributed by atoms with E-state index >= 15 is 0 Å². The molecule has 1 aliphatic rings. The third-order valence-corrected chi connectivity index (χ3v) is 3.57. The lowest BCUT2D eigenvalue weighted by atomic mass is 9.69. The van der Waals surface area contributed by atoms with Gasteiger partial charge in [-0.25, -0.2) is 4.79 Å². The van der Waals surface area contributed by atoms with Gasteiger partial charge in [0, 0.05) is 12.0 Å². The second-order valence-corrected chi connectivity index (χ2v) is 4.93. The van der Waals surface area contributed by atoms with Crippen molar-refractivity contribution in [2.24, 2.45) is 5.41 Å². The number of amides is 1. The van der Waals surface area contributed by atoms with E-state index in [4.69, 9.17) is 4.74 Å². The Labute approximate surface area is 107 Å². The zero-order valence-corrected chi connectivity index (χ0v) is 10.4. The van der Waals surface area contributed by atoms with Gasteiger partial charge >= 0.3 is 6.09 Å². The maximum atomic E-state index is 11.5. The molecular weight excluding hydrogens is 230 g/mol. The van der Waals surface area contributed by atoms with Crippen molar-refractivity contribution in [3.05, 3.63) is 35.9 Å². The molecule has 0 aromatic heterocycles. The molecule has 0 spiro atoms. The molecule has 1 amide bonds. The standard InChI is InChI=1S/C14H19NO3/c16-11-14(7-4-8-14)10-15-13(17)18-9-12-5-2-1-3-6-12/h1-3,5-6,16H,4,7-11H2,(H,15,17). The maximum Gasteiger partial charge on any atom is 0.407 e. The molecule has 4 nitrogen and oxygen atoms in total. The van der Waals surface area contributed by atoms with E-state index in [-0.39, 0.29) is 18.6 Å². The Hall–Kier alpha value is -1.55. The summed E-state index contributed by atoms with van der Waals surface area (Å²) in [6.45, 7) is 0.905. The minimum atomic E-state index is -0.418. The fourth-order valence-electron chi connectivity index (χ4n) is 2.10. The van der Waals surface area contributed by atoms with Gasteiger partial charge in [0.1, 0.15) is 6.61 Å². The van der Waals surface area contributed by atoms with Crippen LogP contribution in [0.3, 0.4) is 0 Å². The van der Waals surface area contributed by atoms with Crippen LogP contribution in [0.5, 0.6) is 0 Å². The van der Waals surface area contributed by atoms with Crippen LogP contribution in [0.2, 0.25) is 0 Å². The summed E-state index contributed by atoms with van der Waals surface area (Å²) in [5, 5.41) is 12.0. The van der Waals surface area contributed by atoms with Crippen molar-refractivity contribution in [2.75, 3.05) is 13.2 Å². The largest absolute Gasteiger partial charge is 0.445 e. The molecular formula is C14H19NO3. The van der Waals surface area contributed by atoms with Gasteiger partial charge in [-0.1, -0.05) is 36.8 Å². The van der Waals surface area contributed by atoms with E-state index in [0.29, 0.717) is 6.54 Å². The molecule has 18 heavy (non-hydrogen) atoms. The summed E-state index contributed by atoms with van der Waals surface area (Å²) in [4.78, 5) is 11.5. The SMILES string of the molecule is O=C(NCC1(CO)CCC1)OCc1ccccc1. The Bertz CT molecular complexity index is 382. The second-order valence-electron chi connectivity index (χ2n) is 4.93. The highest BCUT2D eigenvalue weighted by molar-refractivity contribution is 5.67. The number of hydrogen-bond acceptors (Lipinski definition) is 3. The highest BCUT2D eigenvalue weighted by Gasteiger charge is 2.36. The third-order valence-electron chi connectivity index (χ3n) is 3.57. The Morgan fingerprint density at radius 2 is 2.06 bits per heavy atom. The Kier molecular flexibility index (Phi) is 4.20. The number of carbonyl (C=O) groups is 1. The number of benzene rings is 1. The first-order chi connectivity index (χ1) is 8.74. The molecule has 1 aromatic carbocycles.